The number of piperidine rings is 1. The molecule has 2 unspecified atom stereocenters. The summed E-state index contributed by atoms with van der Waals surface area (Å²) in [5.41, 5.74) is 1.30. The van der Waals surface area contributed by atoms with Crippen molar-refractivity contribution in [1.82, 2.24) is 24.0 Å². The summed E-state index contributed by atoms with van der Waals surface area (Å²) in [6.45, 7) is 4.14. The molecular formula is C24H32N6O4S. The van der Waals surface area contributed by atoms with E-state index in [4.69, 9.17) is 4.98 Å². The number of unbranched alkanes of at least 4 members (excludes halogenated alkanes) is 1. The van der Waals surface area contributed by atoms with Gasteiger partial charge in [-0.25, -0.2) is 4.79 Å². The highest BCUT2D eigenvalue weighted by Gasteiger charge is 2.31. The Labute approximate surface area is 206 Å². The van der Waals surface area contributed by atoms with Crippen LogP contribution in [0.4, 0.5) is 10.7 Å². The molecule has 11 heteroatoms. The van der Waals surface area contributed by atoms with Gasteiger partial charge >= 0.3 is 6.09 Å². The van der Waals surface area contributed by atoms with Gasteiger partial charge in [-0.3, -0.25) is 18.1 Å². The molecule has 1 aromatic carbocycles. The molecule has 4 rings (SSSR count). The lowest BCUT2D eigenvalue weighted by molar-refractivity contribution is 0.117. The van der Waals surface area contributed by atoms with E-state index in [9.17, 15) is 18.9 Å². The third kappa shape index (κ3) is 5.09. The van der Waals surface area contributed by atoms with Gasteiger partial charge in [-0.05, 0) is 24.8 Å². The number of benzene rings is 1. The number of fused-ring (bicyclic) bond motifs is 1. The first-order valence-electron chi connectivity index (χ1n) is 11.9. The van der Waals surface area contributed by atoms with Crippen LogP contribution in [0.5, 0.6) is 0 Å². The summed E-state index contributed by atoms with van der Waals surface area (Å²) in [6.07, 6.45) is 3.90. The van der Waals surface area contributed by atoms with Crippen molar-refractivity contribution in [3.63, 3.8) is 0 Å². The Balaban J connectivity index is 1.80. The maximum Gasteiger partial charge on any atom is 0.407 e. The molecule has 10 nitrogen and oxygen atoms in total. The Kier molecular flexibility index (Phi) is 7.54. The molecule has 2 aromatic heterocycles. The maximum absolute atomic E-state index is 13.4. The zero-order chi connectivity index (χ0) is 25.1. The number of carbonyl (C=O) groups is 1. The summed E-state index contributed by atoms with van der Waals surface area (Å²) < 4.78 is 15.4. The largest absolute Gasteiger partial charge is 0.465 e. The number of hydrogen-bond donors (Lipinski definition) is 1. The number of amides is 1. The smallest absolute Gasteiger partial charge is 0.407 e. The van der Waals surface area contributed by atoms with Gasteiger partial charge in [-0.2, -0.15) is 9.97 Å². The normalized spacial score (nSPS) is 17.0. The molecule has 188 valence electrons. The first-order chi connectivity index (χ1) is 16.8. The van der Waals surface area contributed by atoms with E-state index in [1.165, 1.54) is 15.7 Å². The summed E-state index contributed by atoms with van der Waals surface area (Å²) >= 11 is 0. The summed E-state index contributed by atoms with van der Waals surface area (Å²) in [4.78, 5) is 38.2. The third-order valence-electron chi connectivity index (χ3n) is 6.48. The number of nitrogens with zero attached hydrogens (tertiary/aromatic N) is 6. The van der Waals surface area contributed by atoms with E-state index in [0.717, 1.165) is 31.2 Å². The quantitative estimate of drug-likeness (QED) is 0.473. The van der Waals surface area contributed by atoms with Gasteiger partial charge in [0.2, 0.25) is 11.1 Å². The first-order valence-corrected chi connectivity index (χ1v) is 13.5. The molecule has 2 atom stereocenters. The minimum absolute atomic E-state index is 0.160. The first kappa shape index (κ1) is 24.9. The standard InChI is InChI=1S/C24H32N6O4S/c1-4-5-14-29(24(32)33)18-12-9-13-28(16-18)22-25-20-19(21(31)27(2)23(26-20)35(3)34)30(22)15-17-10-7-6-8-11-17/h6-8,10-11,18H,4-5,9,12-16H2,1-3H3,(H,32,33). The minimum atomic E-state index is -1.45. The molecule has 1 N–H and O–H groups in total. The molecule has 3 aromatic rings. The minimum Gasteiger partial charge on any atom is -0.465 e. The van der Waals surface area contributed by atoms with Crippen LogP contribution in [0.1, 0.15) is 38.2 Å². The van der Waals surface area contributed by atoms with Crippen molar-refractivity contribution in [2.24, 2.45) is 7.05 Å². The SMILES string of the molecule is CCCCN(C(=O)O)C1CCCN(c2nc3nc(S(C)=O)n(C)c(=O)c3n2Cc2ccccc2)C1. The van der Waals surface area contributed by atoms with E-state index in [1.807, 2.05) is 41.8 Å². The number of anilines is 1. The number of imidazole rings is 1. The molecule has 0 saturated carbocycles. The predicted molar refractivity (Wildman–Crippen MR) is 136 cm³/mol. The van der Waals surface area contributed by atoms with Crippen LogP contribution in [0.15, 0.2) is 40.3 Å². The Morgan fingerprint density at radius 2 is 2.00 bits per heavy atom. The molecule has 1 fully saturated rings. The number of hydrogen-bond acceptors (Lipinski definition) is 6. The van der Waals surface area contributed by atoms with Gasteiger partial charge in [0.15, 0.2) is 11.2 Å². The average molecular weight is 501 g/mol. The Bertz CT molecular complexity index is 1290. The van der Waals surface area contributed by atoms with E-state index < -0.39 is 16.9 Å². The second kappa shape index (κ2) is 10.6. The van der Waals surface area contributed by atoms with Crippen LogP contribution in [0.3, 0.4) is 0 Å². The number of aromatic nitrogens is 4. The van der Waals surface area contributed by atoms with Crippen molar-refractivity contribution in [3.05, 3.63) is 46.2 Å². The van der Waals surface area contributed by atoms with Crippen LogP contribution in [0.2, 0.25) is 0 Å². The highest BCUT2D eigenvalue weighted by Crippen LogP contribution is 2.26. The van der Waals surface area contributed by atoms with Gasteiger partial charge in [-0.1, -0.05) is 43.7 Å². The van der Waals surface area contributed by atoms with E-state index in [2.05, 4.69) is 9.88 Å². The van der Waals surface area contributed by atoms with Crippen molar-refractivity contribution >= 4 is 34.0 Å². The van der Waals surface area contributed by atoms with Crippen molar-refractivity contribution < 1.29 is 14.1 Å². The summed E-state index contributed by atoms with van der Waals surface area (Å²) in [6, 6.07) is 9.63. The Hall–Kier alpha value is -3.21. The number of rotatable bonds is 8. The highest BCUT2D eigenvalue weighted by atomic mass is 32.2. The fourth-order valence-corrected chi connectivity index (χ4v) is 5.38. The van der Waals surface area contributed by atoms with Crippen molar-refractivity contribution in [1.29, 1.82) is 0 Å². The fraction of sp³-hybridized carbons (Fsp3) is 0.500. The zero-order valence-corrected chi connectivity index (χ0v) is 21.2. The summed E-state index contributed by atoms with van der Waals surface area (Å²) in [7, 11) is 0.120. The van der Waals surface area contributed by atoms with Gasteiger partial charge in [0.05, 0.1) is 23.4 Å². The zero-order valence-electron chi connectivity index (χ0n) is 20.4. The van der Waals surface area contributed by atoms with Gasteiger partial charge < -0.3 is 14.9 Å². The van der Waals surface area contributed by atoms with E-state index in [0.29, 0.717) is 37.6 Å². The lowest BCUT2D eigenvalue weighted by Gasteiger charge is -2.38. The van der Waals surface area contributed by atoms with Crippen LogP contribution in [-0.4, -0.2) is 71.3 Å². The average Bonchev–Trinajstić information content (AvgIpc) is 3.20. The topological polar surface area (TPSA) is 114 Å². The van der Waals surface area contributed by atoms with Crippen molar-refractivity contribution in [2.45, 2.75) is 50.4 Å². The molecule has 1 aliphatic heterocycles. The molecule has 3 heterocycles. The highest BCUT2D eigenvalue weighted by molar-refractivity contribution is 7.84. The van der Waals surface area contributed by atoms with Gasteiger partial charge in [0.25, 0.3) is 5.56 Å². The van der Waals surface area contributed by atoms with E-state index >= 15 is 0 Å². The van der Waals surface area contributed by atoms with Gasteiger partial charge in [0, 0.05) is 32.9 Å². The van der Waals surface area contributed by atoms with E-state index in [1.54, 1.807) is 7.05 Å². The van der Waals surface area contributed by atoms with Crippen LogP contribution in [0, 0.1) is 0 Å². The van der Waals surface area contributed by atoms with Gasteiger partial charge in [0.1, 0.15) is 0 Å². The summed E-state index contributed by atoms with van der Waals surface area (Å²) in [5.74, 6) is 0.581. The Morgan fingerprint density at radius 3 is 2.66 bits per heavy atom. The van der Waals surface area contributed by atoms with Crippen molar-refractivity contribution in [3.8, 4) is 0 Å². The number of carboxylic acid groups (broad SMARTS) is 1. The van der Waals surface area contributed by atoms with E-state index in [-0.39, 0.29) is 22.4 Å². The molecular weight excluding hydrogens is 468 g/mol. The molecule has 0 spiro atoms. The molecule has 0 aliphatic carbocycles. The Morgan fingerprint density at radius 1 is 1.26 bits per heavy atom. The molecule has 1 saturated heterocycles. The molecule has 35 heavy (non-hydrogen) atoms. The molecule has 0 radical (unpaired) electrons. The predicted octanol–water partition coefficient (Wildman–Crippen LogP) is 2.66. The van der Waals surface area contributed by atoms with Crippen LogP contribution in [-0.2, 0) is 24.4 Å². The molecule has 1 amide bonds. The maximum atomic E-state index is 13.4. The van der Waals surface area contributed by atoms with Crippen LogP contribution in [0.25, 0.3) is 11.2 Å². The van der Waals surface area contributed by atoms with Gasteiger partial charge in [-0.15, -0.1) is 0 Å². The fourth-order valence-electron chi connectivity index (χ4n) is 4.70. The second-order valence-corrected chi connectivity index (χ2v) is 10.2. The van der Waals surface area contributed by atoms with Crippen LogP contribution >= 0.6 is 0 Å². The monoisotopic (exact) mass is 500 g/mol. The lowest BCUT2D eigenvalue weighted by atomic mass is 10.0. The molecule has 1 aliphatic rings. The summed E-state index contributed by atoms with van der Waals surface area (Å²) in [5, 5.41) is 10.00. The molecule has 0 bridgehead atoms. The lowest BCUT2D eigenvalue weighted by Crippen LogP contribution is -2.50. The second-order valence-electron chi connectivity index (χ2n) is 8.94. The van der Waals surface area contributed by atoms with Crippen molar-refractivity contribution in [2.75, 3.05) is 30.8 Å². The third-order valence-corrected chi connectivity index (χ3v) is 7.36. The van der Waals surface area contributed by atoms with Crippen LogP contribution < -0.4 is 10.5 Å².